The first-order valence-corrected chi connectivity index (χ1v) is 3.46. The lowest BCUT2D eigenvalue weighted by Gasteiger charge is -1.99. The van der Waals surface area contributed by atoms with Crippen LogP contribution in [0.4, 0.5) is 0 Å². The summed E-state index contributed by atoms with van der Waals surface area (Å²) in [6, 6.07) is 0. The summed E-state index contributed by atoms with van der Waals surface area (Å²) >= 11 is 0. The number of nitrogens with one attached hydrogen (secondary N) is 1. The molecule has 0 unspecified atom stereocenters. The van der Waals surface area contributed by atoms with Gasteiger partial charge in [0.25, 0.3) is 0 Å². The Morgan fingerprint density at radius 3 is 2.80 bits per heavy atom. The van der Waals surface area contributed by atoms with Gasteiger partial charge in [0.05, 0.1) is 5.69 Å². The second-order valence-corrected chi connectivity index (χ2v) is 2.90. The van der Waals surface area contributed by atoms with Crippen LogP contribution >= 0.6 is 0 Å². The number of hydrogen-bond donors (Lipinski definition) is 2. The fourth-order valence-corrected chi connectivity index (χ4v) is 1.03. The van der Waals surface area contributed by atoms with E-state index < -0.39 is 5.60 Å². The molecule has 54 valence electrons. The normalized spacial score (nSPS) is 21.0. The number of aryl methyl sites for hydroxylation is 1. The molecule has 1 saturated carbocycles. The van der Waals surface area contributed by atoms with Gasteiger partial charge in [0.2, 0.25) is 0 Å². The molecule has 0 spiro atoms. The standard InChI is InChI=1S/C7H10N2O/c1-5-8-4-6(9-5)7(10)2-3-7/h4,10H,2-3H2,1H3,(H,8,9). The lowest BCUT2D eigenvalue weighted by atomic mass is 10.2. The van der Waals surface area contributed by atoms with Gasteiger partial charge in [-0.2, -0.15) is 0 Å². The first-order chi connectivity index (χ1) is 4.71. The van der Waals surface area contributed by atoms with E-state index in [1.54, 1.807) is 6.20 Å². The largest absolute Gasteiger partial charge is 0.383 e. The molecular weight excluding hydrogens is 128 g/mol. The van der Waals surface area contributed by atoms with E-state index in [1.165, 1.54) is 0 Å². The van der Waals surface area contributed by atoms with Crippen LogP contribution in [0.3, 0.4) is 0 Å². The van der Waals surface area contributed by atoms with E-state index in [4.69, 9.17) is 0 Å². The Bertz CT molecular complexity index is 250. The predicted octanol–water partition coefficient (Wildman–Crippen LogP) is 0.700. The Morgan fingerprint density at radius 2 is 2.40 bits per heavy atom. The van der Waals surface area contributed by atoms with Gasteiger partial charge in [-0.05, 0) is 19.8 Å². The van der Waals surface area contributed by atoms with Crippen molar-refractivity contribution in [3.05, 3.63) is 17.7 Å². The fraction of sp³-hybridized carbons (Fsp3) is 0.571. The van der Waals surface area contributed by atoms with Crippen molar-refractivity contribution in [2.24, 2.45) is 0 Å². The molecule has 10 heavy (non-hydrogen) atoms. The Hall–Kier alpha value is -0.830. The van der Waals surface area contributed by atoms with Crippen molar-refractivity contribution in [1.82, 2.24) is 9.97 Å². The highest BCUT2D eigenvalue weighted by Crippen LogP contribution is 2.44. The second kappa shape index (κ2) is 1.61. The minimum atomic E-state index is -0.579. The maximum absolute atomic E-state index is 9.53. The van der Waals surface area contributed by atoms with Gasteiger partial charge in [0, 0.05) is 6.20 Å². The van der Waals surface area contributed by atoms with Gasteiger partial charge in [-0.1, -0.05) is 0 Å². The molecule has 0 atom stereocenters. The SMILES string of the molecule is Cc1nc(C2(O)CC2)c[nH]1. The molecule has 1 fully saturated rings. The Kier molecular flexibility index (Phi) is 0.951. The van der Waals surface area contributed by atoms with E-state index in [2.05, 4.69) is 9.97 Å². The third kappa shape index (κ3) is 0.743. The number of imidazole rings is 1. The number of aromatic amines is 1. The fourth-order valence-electron chi connectivity index (χ4n) is 1.03. The van der Waals surface area contributed by atoms with Gasteiger partial charge in [-0.15, -0.1) is 0 Å². The molecule has 1 aliphatic rings. The van der Waals surface area contributed by atoms with E-state index in [-0.39, 0.29) is 0 Å². The van der Waals surface area contributed by atoms with Crippen LogP contribution in [0.2, 0.25) is 0 Å². The molecule has 1 aliphatic carbocycles. The highest BCUT2D eigenvalue weighted by Gasteiger charge is 2.44. The highest BCUT2D eigenvalue weighted by atomic mass is 16.3. The third-order valence-electron chi connectivity index (χ3n) is 1.91. The van der Waals surface area contributed by atoms with E-state index in [0.717, 1.165) is 24.4 Å². The molecule has 2 N–H and O–H groups in total. The highest BCUT2D eigenvalue weighted by molar-refractivity contribution is 5.17. The summed E-state index contributed by atoms with van der Waals surface area (Å²) < 4.78 is 0. The minimum Gasteiger partial charge on any atom is -0.383 e. The number of aromatic nitrogens is 2. The molecule has 3 heteroatoms. The molecule has 0 bridgehead atoms. The zero-order valence-electron chi connectivity index (χ0n) is 5.89. The van der Waals surface area contributed by atoms with Crippen LogP contribution in [0.25, 0.3) is 0 Å². The molecule has 2 rings (SSSR count). The lowest BCUT2D eigenvalue weighted by Crippen LogP contribution is -2.03. The van der Waals surface area contributed by atoms with Crippen LogP contribution in [0.5, 0.6) is 0 Å². The van der Waals surface area contributed by atoms with E-state index in [0.29, 0.717) is 0 Å². The zero-order valence-corrected chi connectivity index (χ0v) is 5.89. The summed E-state index contributed by atoms with van der Waals surface area (Å²) in [4.78, 5) is 7.08. The third-order valence-corrected chi connectivity index (χ3v) is 1.91. The summed E-state index contributed by atoms with van der Waals surface area (Å²) in [5.74, 6) is 0.871. The molecule has 0 aromatic carbocycles. The van der Waals surface area contributed by atoms with Gasteiger partial charge in [-0.3, -0.25) is 0 Å². The smallest absolute Gasteiger partial charge is 0.108 e. The zero-order chi connectivity index (χ0) is 7.19. The summed E-state index contributed by atoms with van der Waals surface area (Å²) in [5, 5.41) is 9.53. The Labute approximate surface area is 59.1 Å². The van der Waals surface area contributed by atoms with E-state index >= 15 is 0 Å². The molecule has 1 aromatic rings. The maximum atomic E-state index is 9.53. The summed E-state index contributed by atoms with van der Waals surface area (Å²) in [6.45, 7) is 1.88. The number of hydrogen-bond acceptors (Lipinski definition) is 2. The quantitative estimate of drug-likeness (QED) is 0.600. The number of nitrogens with zero attached hydrogens (tertiary/aromatic N) is 1. The second-order valence-electron chi connectivity index (χ2n) is 2.90. The lowest BCUT2D eigenvalue weighted by molar-refractivity contribution is 0.147. The Morgan fingerprint density at radius 1 is 1.70 bits per heavy atom. The van der Waals surface area contributed by atoms with Crippen molar-refractivity contribution in [2.45, 2.75) is 25.4 Å². The molecular formula is C7H10N2O. The van der Waals surface area contributed by atoms with Crippen molar-refractivity contribution in [3.63, 3.8) is 0 Å². The number of rotatable bonds is 1. The van der Waals surface area contributed by atoms with E-state index in [1.807, 2.05) is 6.92 Å². The first kappa shape index (κ1) is 5.92. The summed E-state index contributed by atoms with van der Waals surface area (Å²) in [6.07, 6.45) is 3.50. The Balaban J connectivity index is 2.34. The molecule has 0 aliphatic heterocycles. The predicted molar refractivity (Wildman–Crippen MR) is 36.5 cm³/mol. The maximum Gasteiger partial charge on any atom is 0.108 e. The summed E-state index contributed by atoms with van der Waals surface area (Å²) in [5.41, 5.74) is 0.218. The van der Waals surface area contributed by atoms with Gasteiger partial charge < -0.3 is 10.1 Å². The first-order valence-electron chi connectivity index (χ1n) is 3.46. The minimum absolute atomic E-state index is 0.579. The van der Waals surface area contributed by atoms with Crippen molar-refractivity contribution < 1.29 is 5.11 Å². The van der Waals surface area contributed by atoms with Crippen LogP contribution in [-0.4, -0.2) is 15.1 Å². The average molecular weight is 138 g/mol. The molecule has 0 saturated heterocycles. The molecule has 0 radical (unpaired) electrons. The van der Waals surface area contributed by atoms with Gasteiger partial charge >= 0.3 is 0 Å². The van der Waals surface area contributed by atoms with Gasteiger partial charge in [0.1, 0.15) is 11.4 Å². The average Bonchev–Trinajstić information content (AvgIpc) is 2.45. The van der Waals surface area contributed by atoms with Crippen LogP contribution in [0.1, 0.15) is 24.4 Å². The van der Waals surface area contributed by atoms with Crippen LogP contribution < -0.4 is 0 Å². The van der Waals surface area contributed by atoms with Crippen LogP contribution in [0, 0.1) is 6.92 Å². The summed E-state index contributed by atoms with van der Waals surface area (Å²) in [7, 11) is 0. The van der Waals surface area contributed by atoms with Crippen molar-refractivity contribution in [1.29, 1.82) is 0 Å². The monoisotopic (exact) mass is 138 g/mol. The van der Waals surface area contributed by atoms with Crippen molar-refractivity contribution >= 4 is 0 Å². The number of H-pyrrole nitrogens is 1. The van der Waals surface area contributed by atoms with Crippen LogP contribution in [-0.2, 0) is 5.60 Å². The molecule has 1 aromatic heterocycles. The van der Waals surface area contributed by atoms with Crippen molar-refractivity contribution in [2.75, 3.05) is 0 Å². The topological polar surface area (TPSA) is 48.9 Å². The number of aliphatic hydroxyl groups is 1. The van der Waals surface area contributed by atoms with Crippen LogP contribution in [0.15, 0.2) is 6.20 Å². The molecule has 0 amide bonds. The van der Waals surface area contributed by atoms with Crippen molar-refractivity contribution in [3.8, 4) is 0 Å². The van der Waals surface area contributed by atoms with Gasteiger partial charge in [0.15, 0.2) is 0 Å². The van der Waals surface area contributed by atoms with E-state index in [9.17, 15) is 5.11 Å². The molecule has 1 heterocycles. The van der Waals surface area contributed by atoms with Gasteiger partial charge in [-0.25, -0.2) is 4.98 Å². The molecule has 3 nitrogen and oxygen atoms in total.